The topological polar surface area (TPSA) is 102 Å². The van der Waals surface area contributed by atoms with Crippen LogP contribution >= 0.6 is 0 Å². The standard InChI is InChI=1S/C19H28F6N2O6/c1-3-5-10-32-14(28)12-27(17(31)19(23,24)25)9-7-8-13(15(29)33-11-6-4-2)26-16(30)18(20,21)22/h13H,3-12H2,1-2H3,(H,26,30). The summed E-state index contributed by atoms with van der Waals surface area (Å²) in [6, 6.07) is -1.81. The van der Waals surface area contributed by atoms with Gasteiger partial charge in [-0.25, -0.2) is 4.79 Å². The highest BCUT2D eigenvalue weighted by molar-refractivity contribution is 5.87. The van der Waals surface area contributed by atoms with Gasteiger partial charge in [0.15, 0.2) is 0 Å². The average Bonchev–Trinajstić information content (AvgIpc) is 2.70. The lowest BCUT2D eigenvalue weighted by Gasteiger charge is -2.24. The van der Waals surface area contributed by atoms with Gasteiger partial charge in [-0.1, -0.05) is 26.7 Å². The van der Waals surface area contributed by atoms with Crippen molar-refractivity contribution in [3.8, 4) is 0 Å². The Labute approximate surface area is 186 Å². The van der Waals surface area contributed by atoms with Crippen LogP contribution < -0.4 is 5.32 Å². The van der Waals surface area contributed by atoms with E-state index >= 15 is 0 Å². The second kappa shape index (κ2) is 14.6. The van der Waals surface area contributed by atoms with Crippen molar-refractivity contribution >= 4 is 23.8 Å². The van der Waals surface area contributed by atoms with Gasteiger partial charge >= 0.3 is 36.1 Å². The summed E-state index contributed by atoms with van der Waals surface area (Å²) in [7, 11) is 0. The molecular formula is C19H28F6N2O6. The molecule has 0 fully saturated rings. The second-order valence-corrected chi connectivity index (χ2v) is 6.99. The first-order valence-corrected chi connectivity index (χ1v) is 10.3. The van der Waals surface area contributed by atoms with Crippen LogP contribution in [0.15, 0.2) is 0 Å². The van der Waals surface area contributed by atoms with Crippen LogP contribution in [0.25, 0.3) is 0 Å². The van der Waals surface area contributed by atoms with Crippen molar-refractivity contribution in [3.05, 3.63) is 0 Å². The number of esters is 2. The number of halogens is 6. The average molecular weight is 494 g/mol. The molecule has 0 aromatic rings. The van der Waals surface area contributed by atoms with Crippen molar-refractivity contribution in [3.63, 3.8) is 0 Å². The third kappa shape index (κ3) is 12.9. The predicted molar refractivity (Wildman–Crippen MR) is 102 cm³/mol. The Bertz CT molecular complexity index is 654. The van der Waals surface area contributed by atoms with Gasteiger partial charge in [-0.15, -0.1) is 0 Å². The molecule has 1 N–H and O–H groups in total. The van der Waals surface area contributed by atoms with E-state index in [0.717, 1.165) is 0 Å². The Morgan fingerprint density at radius 3 is 1.88 bits per heavy atom. The lowest BCUT2D eigenvalue weighted by molar-refractivity contribution is -0.187. The molecule has 1 atom stereocenters. The van der Waals surface area contributed by atoms with Crippen molar-refractivity contribution in [2.24, 2.45) is 0 Å². The Kier molecular flexibility index (Phi) is 13.5. The summed E-state index contributed by atoms with van der Waals surface area (Å²) in [5.74, 6) is -7.07. The first-order valence-electron chi connectivity index (χ1n) is 10.3. The van der Waals surface area contributed by atoms with E-state index in [9.17, 15) is 45.5 Å². The van der Waals surface area contributed by atoms with Crippen LogP contribution in [0.3, 0.4) is 0 Å². The molecule has 0 aromatic carbocycles. The van der Waals surface area contributed by atoms with Gasteiger partial charge in [0.1, 0.15) is 12.6 Å². The van der Waals surface area contributed by atoms with E-state index in [4.69, 9.17) is 9.47 Å². The van der Waals surface area contributed by atoms with Crippen LogP contribution in [0, 0.1) is 0 Å². The molecular weight excluding hydrogens is 466 g/mol. The smallest absolute Gasteiger partial charge is 0.464 e. The molecule has 0 rings (SSSR count). The summed E-state index contributed by atoms with van der Waals surface area (Å²) in [5, 5.41) is 1.44. The number of carbonyl (C=O) groups excluding carboxylic acids is 4. The van der Waals surface area contributed by atoms with Gasteiger partial charge in [0, 0.05) is 6.54 Å². The van der Waals surface area contributed by atoms with E-state index in [2.05, 4.69) is 0 Å². The van der Waals surface area contributed by atoms with Crippen molar-refractivity contribution in [1.29, 1.82) is 0 Å². The Morgan fingerprint density at radius 1 is 0.848 bits per heavy atom. The fraction of sp³-hybridized carbons (Fsp3) is 0.789. The minimum absolute atomic E-state index is 0.0570. The summed E-state index contributed by atoms with van der Waals surface area (Å²) in [6.45, 7) is 1.59. The van der Waals surface area contributed by atoms with Crippen LogP contribution in [0.4, 0.5) is 26.3 Å². The van der Waals surface area contributed by atoms with Crippen molar-refractivity contribution in [2.45, 2.75) is 70.8 Å². The van der Waals surface area contributed by atoms with Gasteiger partial charge in [0.25, 0.3) is 0 Å². The molecule has 0 bridgehead atoms. The largest absolute Gasteiger partial charge is 0.471 e. The fourth-order valence-electron chi connectivity index (χ4n) is 2.36. The molecule has 8 nitrogen and oxygen atoms in total. The quantitative estimate of drug-likeness (QED) is 0.226. The maximum Gasteiger partial charge on any atom is 0.471 e. The minimum Gasteiger partial charge on any atom is -0.464 e. The number of ether oxygens (including phenoxy) is 2. The highest BCUT2D eigenvalue weighted by atomic mass is 19.4. The summed E-state index contributed by atoms with van der Waals surface area (Å²) < 4.78 is 85.7. The van der Waals surface area contributed by atoms with Crippen molar-refractivity contribution in [1.82, 2.24) is 10.2 Å². The molecule has 0 saturated heterocycles. The van der Waals surface area contributed by atoms with Crippen LogP contribution in [0.5, 0.6) is 0 Å². The third-order valence-corrected chi connectivity index (χ3v) is 4.12. The van der Waals surface area contributed by atoms with Gasteiger partial charge in [0.05, 0.1) is 13.2 Å². The molecule has 0 heterocycles. The van der Waals surface area contributed by atoms with Crippen molar-refractivity contribution in [2.75, 3.05) is 26.3 Å². The number of carbonyl (C=O) groups is 4. The molecule has 192 valence electrons. The Morgan fingerprint density at radius 2 is 1.39 bits per heavy atom. The van der Waals surface area contributed by atoms with Crippen LogP contribution in [0.2, 0.25) is 0 Å². The van der Waals surface area contributed by atoms with Gasteiger partial charge < -0.3 is 19.7 Å². The van der Waals surface area contributed by atoms with E-state index in [1.54, 1.807) is 13.8 Å². The number of hydrogen-bond acceptors (Lipinski definition) is 6. The van der Waals surface area contributed by atoms with Gasteiger partial charge in [0.2, 0.25) is 0 Å². The molecule has 0 aliphatic rings. The van der Waals surface area contributed by atoms with Crippen LogP contribution in [-0.2, 0) is 28.7 Å². The third-order valence-electron chi connectivity index (χ3n) is 4.12. The number of nitrogens with one attached hydrogen (secondary N) is 1. The molecule has 33 heavy (non-hydrogen) atoms. The molecule has 2 amide bonds. The van der Waals surface area contributed by atoms with E-state index in [-0.39, 0.29) is 18.1 Å². The molecule has 0 aromatic heterocycles. The molecule has 14 heteroatoms. The first-order chi connectivity index (χ1) is 15.2. The van der Waals surface area contributed by atoms with Crippen molar-refractivity contribution < 1.29 is 55.0 Å². The summed E-state index contributed by atoms with van der Waals surface area (Å²) in [5.41, 5.74) is 0. The number of alkyl halides is 6. The Balaban J connectivity index is 5.21. The number of unbranched alkanes of at least 4 members (excludes halogenated alkanes) is 2. The molecule has 0 saturated carbocycles. The number of rotatable bonds is 14. The lowest BCUT2D eigenvalue weighted by atomic mass is 10.1. The molecule has 0 radical (unpaired) electrons. The van der Waals surface area contributed by atoms with E-state index in [1.807, 2.05) is 0 Å². The summed E-state index contributed by atoms with van der Waals surface area (Å²) in [6.07, 6.45) is -9.52. The highest BCUT2D eigenvalue weighted by Gasteiger charge is 2.43. The van der Waals surface area contributed by atoms with E-state index in [1.165, 1.54) is 5.32 Å². The van der Waals surface area contributed by atoms with Crippen LogP contribution in [0.1, 0.15) is 52.4 Å². The van der Waals surface area contributed by atoms with Gasteiger partial charge in [-0.3, -0.25) is 14.4 Å². The first kappa shape index (κ1) is 30.5. The molecule has 0 aliphatic heterocycles. The zero-order valence-corrected chi connectivity index (χ0v) is 18.3. The summed E-state index contributed by atoms with van der Waals surface area (Å²) >= 11 is 0. The van der Waals surface area contributed by atoms with Crippen LogP contribution in [-0.4, -0.2) is 73.4 Å². The van der Waals surface area contributed by atoms with Gasteiger partial charge in [-0.05, 0) is 25.7 Å². The SMILES string of the molecule is CCCCOC(=O)CN(CCCC(NC(=O)C(F)(F)F)C(=O)OCCCC)C(=O)C(F)(F)F. The lowest BCUT2D eigenvalue weighted by Crippen LogP contribution is -2.48. The number of hydrogen-bond donors (Lipinski definition) is 1. The maximum atomic E-state index is 12.8. The molecule has 0 aliphatic carbocycles. The van der Waals surface area contributed by atoms with E-state index < -0.39 is 68.1 Å². The zero-order valence-electron chi connectivity index (χ0n) is 18.3. The number of nitrogens with zero attached hydrogens (tertiary/aromatic N) is 1. The minimum atomic E-state index is -5.31. The Hall–Kier alpha value is -2.54. The molecule has 0 spiro atoms. The fourth-order valence-corrected chi connectivity index (χ4v) is 2.36. The predicted octanol–water partition coefficient (Wildman–Crippen LogP) is 2.89. The van der Waals surface area contributed by atoms with E-state index in [0.29, 0.717) is 25.7 Å². The normalized spacial score (nSPS) is 12.6. The monoisotopic (exact) mass is 494 g/mol. The van der Waals surface area contributed by atoms with Gasteiger partial charge in [-0.2, -0.15) is 26.3 Å². The zero-order chi connectivity index (χ0) is 25.7. The molecule has 1 unspecified atom stereocenters. The number of amides is 2. The maximum absolute atomic E-state index is 12.8. The highest BCUT2D eigenvalue weighted by Crippen LogP contribution is 2.20. The second-order valence-electron chi connectivity index (χ2n) is 6.99. The summed E-state index contributed by atoms with van der Waals surface area (Å²) in [4.78, 5) is 46.7.